The summed E-state index contributed by atoms with van der Waals surface area (Å²) in [6.07, 6.45) is -5.40. The van der Waals surface area contributed by atoms with Crippen LogP contribution in [0, 0.1) is 11.7 Å². The van der Waals surface area contributed by atoms with Gasteiger partial charge in [0, 0.05) is 16.1 Å². The Hall–Kier alpha value is -3.37. The first-order valence-corrected chi connectivity index (χ1v) is 9.90. The SMILES string of the molecule is O=C1N[C@@H](c2ccc(-c3ccc(F)cc3)o2)[C@H](C(=O)c2ccc(Cl)cc2)[C@@](O)(C(F)(F)F)N1. The number of carbonyl (C=O) groups is 2. The van der Waals surface area contributed by atoms with Gasteiger partial charge >= 0.3 is 12.2 Å². The Morgan fingerprint density at radius 1 is 1.03 bits per heavy atom. The Kier molecular flexibility index (Phi) is 5.67. The van der Waals surface area contributed by atoms with Gasteiger partial charge in [-0.1, -0.05) is 11.6 Å². The number of halogens is 5. The number of nitrogens with one attached hydrogen (secondary N) is 2. The van der Waals surface area contributed by atoms with Crippen LogP contribution in [-0.2, 0) is 0 Å². The molecule has 1 fully saturated rings. The molecule has 1 aromatic heterocycles. The number of amides is 2. The van der Waals surface area contributed by atoms with Crippen molar-refractivity contribution in [3.63, 3.8) is 0 Å². The Bertz CT molecular complexity index is 1190. The van der Waals surface area contributed by atoms with Crippen molar-refractivity contribution >= 4 is 23.4 Å². The summed E-state index contributed by atoms with van der Waals surface area (Å²) in [6, 6.07) is 9.79. The van der Waals surface area contributed by atoms with E-state index >= 15 is 0 Å². The van der Waals surface area contributed by atoms with Crippen LogP contribution in [0.15, 0.2) is 65.1 Å². The minimum absolute atomic E-state index is 0.158. The third kappa shape index (κ3) is 4.19. The fraction of sp³-hybridized carbons (Fsp3) is 0.182. The topological polar surface area (TPSA) is 91.6 Å². The number of Topliss-reactive ketones (excluding diaryl/α,β-unsaturated/α-hetero) is 1. The molecule has 0 aliphatic carbocycles. The van der Waals surface area contributed by atoms with Crippen molar-refractivity contribution < 1.29 is 36.7 Å². The van der Waals surface area contributed by atoms with Crippen LogP contribution in [-0.4, -0.2) is 28.8 Å². The molecule has 2 amide bonds. The van der Waals surface area contributed by atoms with E-state index in [0.717, 1.165) is 0 Å². The van der Waals surface area contributed by atoms with Gasteiger partial charge < -0.3 is 20.2 Å². The molecule has 2 heterocycles. The zero-order valence-electron chi connectivity index (χ0n) is 16.5. The fourth-order valence-electron chi connectivity index (χ4n) is 3.66. The van der Waals surface area contributed by atoms with Crippen molar-refractivity contribution in [1.29, 1.82) is 0 Å². The highest BCUT2D eigenvalue weighted by Gasteiger charge is 2.66. The predicted octanol–water partition coefficient (Wildman–Crippen LogP) is 4.84. The summed E-state index contributed by atoms with van der Waals surface area (Å²) in [4.78, 5) is 25.3. The Morgan fingerprint density at radius 3 is 2.27 bits per heavy atom. The summed E-state index contributed by atoms with van der Waals surface area (Å²) in [6.45, 7) is 0. The van der Waals surface area contributed by atoms with Crippen LogP contribution in [0.2, 0.25) is 5.02 Å². The van der Waals surface area contributed by atoms with Gasteiger partial charge in [-0.2, -0.15) is 13.2 Å². The van der Waals surface area contributed by atoms with Gasteiger partial charge in [-0.25, -0.2) is 9.18 Å². The summed E-state index contributed by atoms with van der Waals surface area (Å²) >= 11 is 5.80. The van der Waals surface area contributed by atoms with Crippen LogP contribution >= 0.6 is 11.6 Å². The Labute approximate surface area is 189 Å². The molecule has 0 unspecified atom stereocenters. The number of furan rings is 1. The van der Waals surface area contributed by atoms with E-state index in [2.05, 4.69) is 5.32 Å². The molecule has 3 N–H and O–H groups in total. The van der Waals surface area contributed by atoms with Gasteiger partial charge in [-0.3, -0.25) is 4.79 Å². The Morgan fingerprint density at radius 2 is 1.67 bits per heavy atom. The molecule has 11 heteroatoms. The van der Waals surface area contributed by atoms with Gasteiger partial charge in [-0.05, 0) is 60.7 Å². The second-order valence-electron chi connectivity index (χ2n) is 7.40. The quantitative estimate of drug-likeness (QED) is 0.366. The van der Waals surface area contributed by atoms with Crippen LogP contribution in [0.4, 0.5) is 22.4 Å². The number of hydrogen-bond acceptors (Lipinski definition) is 4. The number of urea groups is 1. The van der Waals surface area contributed by atoms with Crippen LogP contribution in [0.1, 0.15) is 22.2 Å². The van der Waals surface area contributed by atoms with Gasteiger partial charge in [0.25, 0.3) is 0 Å². The van der Waals surface area contributed by atoms with Gasteiger partial charge in [0.2, 0.25) is 5.72 Å². The summed E-state index contributed by atoms with van der Waals surface area (Å²) in [5, 5.41) is 14.5. The highest BCUT2D eigenvalue weighted by Crippen LogP contribution is 2.44. The van der Waals surface area contributed by atoms with Crippen molar-refractivity contribution in [3.05, 3.63) is 82.8 Å². The lowest BCUT2D eigenvalue weighted by molar-refractivity contribution is -0.288. The molecule has 6 nitrogen and oxygen atoms in total. The van der Waals surface area contributed by atoms with Crippen molar-refractivity contribution in [3.8, 4) is 11.3 Å². The van der Waals surface area contributed by atoms with Crippen molar-refractivity contribution in [2.75, 3.05) is 0 Å². The van der Waals surface area contributed by atoms with E-state index in [9.17, 15) is 32.3 Å². The normalized spacial score (nSPS) is 23.0. The third-order valence-electron chi connectivity index (χ3n) is 5.28. The first kappa shape index (κ1) is 22.8. The first-order chi connectivity index (χ1) is 15.5. The maximum absolute atomic E-state index is 14.0. The molecule has 0 spiro atoms. The fourth-order valence-corrected chi connectivity index (χ4v) is 3.79. The van der Waals surface area contributed by atoms with Gasteiger partial charge in [0.05, 0.1) is 0 Å². The zero-order valence-corrected chi connectivity index (χ0v) is 17.2. The molecular formula is C22H15ClF4N2O4. The molecule has 1 aliphatic heterocycles. The minimum atomic E-state index is -5.40. The number of aliphatic hydroxyl groups is 1. The van der Waals surface area contributed by atoms with Gasteiger partial charge in [0.15, 0.2) is 5.78 Å². The molecular weight excluding hydrogens is 468 g/mol. The third-order valence-corrected chi connectivity index (χ3v) is 5.53. The van der Waals surface area contributed by atoms with Crippen molar-refractivity contribution in [1.82, 2.24) is 10.6 Å². The Balaban J connectivity index is 1.80. The highest BCUT2D eigenvalue weighted by molar-refractivity contribution is 6.30. The van der Waals surface area contributed by atoms with E-state index in [4.69, 9.17) is 16.0 Å². The zero-order chi connectivity index (χ0) is 24.0. The number of alkyl halides is 3. The summed E-state index contributed by atoms with van der Waals surface area (Å²) in [5.41, 5.74) is -3.64. The second-order valence-corrected chi connectivity index (χ2v) is 7.83. The van der Waals surface area contributed by atoms with Crippen LogP contribution in [0.25, 0.3) is 11.3 Å². The molecule has 3 atom stereocenters. The lowest BCUT2D eigenvalue weighted by Crippen LogP contribution is -2.72. The maximum Gasteiger partial charge on any atom is 0.437 e. The van der Waals surface area contributed by atoms with E-state index in [0.29, 0.717) is 5.56 Å². The molecule has 4 rings (SSSR count). The summed E-state index contributed by atoms with van der Waals surface area (Å²) in [5.74, 6) is -3.91. The van der Waals surface area contributed by atoms with E-state index in [-0.39, 0.29) is 22.1 Å². The van der Waals surface area contributed by atoms with E-state index in [1.165, 1.54) is 66.0 Å². The first-order valence-electron chi connectivity index (χ1n) is 9.53. The maximum atomic E-state index is 14.0. The van der Waals surface area contributed by atoms with E-state index in [1.54, 1.807) is 0 Å². The molecule has 2 aromatic carbocycles. The smallest absolute Gasteiger partial charge is 0.437 e. The number of rotatable bonds is 4. The van der Waals surface area contributed by atoms with Gasteiger partial charge in [0.1, 0.15) is 29.3 Å². The lowest BCUT2D eigenvalue weighted by Gasteiger charge is -2.44. The number of benzene rings is 2. The molecule has 33 heavy (non-hydrogen) atoms. The van der Waals surface area contributed by atoms with Crippen molar-refractivity contribution in [2.45, 2.75) is 17.9 Å². The van der Waals surface area contributed by atoms with Gasteiger partial charge in [-0.15, -0.1) is 0 Å². The molecule has 0 bridgehead atoms. The predicted molar refractivity (Wildman–Crippen MR) is 109 cm³/mol. The van der Waals surface area contributed by atoms with E-state index in [1.807, 2.05) is 0 Å². The standard InChI is InChI=1S/C22H15ClF4N2O4/c23-13-5-1-12(2-6-13)19(30)17-18(28-20(31)29-21(17,32)22(25,26)27)16-10-9-15(33-16)11-3-7-14(24)8-4-11/h1-10,17-18,32H,(H2,28,29,31)/t17-,18+,21-/m1/s1. The number of carbonyl (C=O) groups excluding carboxylic acids is 2. The van der Waals surface area contributed by atoms with Crippen LogP contribution in [0.3, 0.4) is 0 Å². The molecule has 3 aromatic rings. The van der Waals surface area contributed by atoms with Crippen LogP contribution < -0.4 is 10.6 Å². The lowest BCUT2D eigenvalue weighted by atomic mass is 9.79. The molecule has 0 saturated carbocycles. The highest BCUT2D eigenvalue weighted by atomic mass is 35.5. The molecule has 172 valence electrons. The number of ketones is 1. The molecule has 1 saturated heterocycles. The molecule has 1 aliphatic rings. The van der Waals surface area contributed by atoms with E-state index < -0.39 is 41.5 Å². The average Bonchev–Trinajstić information content (AvgIpc) is 3.23. The molecule has 0 radical (unpaired) electrons. The average molecular weight is 483 g/mol. The number of hydrogen-bond donors (Lipinski definition) is 3. The summed E-state index contributed by atoms with van der Waals surface area (Å²) < 4.78 is 60.7. The largest absolute Gasteiger partial charge is 0.459 e. The summed E-state index contributed by atoms with van der Waals surface area (Å²) in [7, 11) is 0. The van der Waals surface area contributed by atoms with Crippen molar-refractivity contribution in [2.24, 2.45) is 5.92 Å². The van der Waals surface area contributed by atoms with Crippen LogP contribution in [0.5, 0.6) is 0 Å². The monoisotopic (exact) mass is 482 g/mol. The second kappa shape index (κ2) is 8.20. The minimum Gasteiger partial charge on any atom is -0.459 e.